The maximum absolute atomic E-state index is 13.0. The highest BCUT2D eigenvalue weighted by atomic mass is 127. The fourth-order valence-corrected chi connectivity index (χ4v) is 4.52. The van der Waals surface area contributed by atoms with Crippen LogP contribution in [-0.2, 0) is 11.3 Å². The molecule has 1 fully saturated rings. The van der Waals surface area contributed by atoms with E-state index in [9.17, 15) is 14.4 Å². The predicted octanol–water partition coefficient (Wildman–Crippen LogP) is 6.41. The number of hydrogen-bond donors (Lipinski definition) is 0. The van der Waals surface area contributed by atoms with Gasteiger partial charge >= 0.3 is 5.97 Å². The summed E-state index contributed by atoms with van der Waals surface area (Å²) < 4.78 is 12.1. The summed E-state index contributed by atoms with van der Waals surface area (Å²) in [6, 6.07) is 18.9. The Bertz CT molecular complexity index is 1290. The minimum absolute atomic E-state index is 0.148. The smallest absolute Gasteiger partial charge is 0.343 e. The molecule has 2 amide bonds. The zero-order valence-corrected chi connectivity index (χ0v) is 21.5. The van der Waals surface area contributed by atoms with Gasteiger partial charge < -0.3 is 9.47 Å². The lowest BCUT2D eigenvalue weighted by Crippen LogP contribution is -2.27. The minimum atomic E-state index is -0.609. The second kappa shape index (κ2) is 10.6. The van der Waals surface area contributed by atoms with E-state index in [0.29, 0.717) is 21.9 Å². The molecule has 3 aromatic rings. The van der Waals surface area contributed by atoms with Gasteiger partial charge in [0.2, 0.25) is 0 Å². The Morgan fingerprint density at radius 2 is 1.76 bits per heavy atom. The zero-order valence-electron chi connectivity index (χ0n) is 17.8. The van der Waals surface area contributed by atoms with Gasteiger partial charge in [0.25, 0.3) is 11.1 Å². The van der Waals surface area contributed by atoms with Crippen LogP contribution < -0.4 is 9.47 Å². The van der Waals surface area contributed by atoms with E-state index in [0.717, 1.165) is 20.9 Å². The van der Waals surface area contributed by atoms with Crippen LogP contribution in [0.2, 0.25) is 5.02 Å². The molecule has 1 saturated heterocycles. The Labute approximate surface area is 219 Å². The summed E-state index contributed by atoms with van der Waals surface area (Å²) >= 11 is 8.93. The molecule has 34 heavy (non-hydrogen) atoms. The molecule has 0 N–H and O–H groups in total. The second-order valence-corrected chi connectivity index (χ2v) is 9.84. The van der Waals surface area contributed by atoms with E-state index in [-0.39, 0.29) is 22.4 Å². The van der Waals surface area contributed by atoms with Crippen molar-refractivity contribution in [1.82, 2.24) is 4.90 Å². The van der Waals surface area contributed by atoms with Crippen LogP contribution in [0.3, 0.4) is 0 Å². The SMILES string of the molecule is COc1cccc(/C=C2\SC(=O)N(Cc3ccc(I)cc3)C2=O)c1OC(=O)c1ccc(Cl)cc1. The fraction of sp³-hybridized carbons (Fsp3) is 0.0800. The van der Waals surface area contributed by atoms with Gasteiger partial charge in [-0.05, 0) is 88.5 Å². The molecule has 1 heterocycles. The van der Waals surface area contributed by atoms with Crippen molar-refractivity contribution >= 4 is 69.1 Å². The second-order valence-electron chi connectivity index (χ2n) is 7.17. The van der Waals surface area contributed by atoms with Crippen LogP contribution in [0.1, 0.15) is 21.5 Å². The Kier molecular flexibility index (Phi) is 7.60. The van der Waals surface area contributed by atoms with Crippen molar-refractivity contribution in [2.75, 3.05) is 7.11 Å². The molecule has 9 heteroatoms. The standard InChI is InChI=1S/C25H17ClINO5S/c1-32-20-4-2-3-17(22(20)33-24(30)16-7-9-18(26)10-8-16)13-21-23(29)28(25(31)34-21)14-15-5-11-19(27)12-6-15/h2-13H,14H2,1H3/b21-13-. The van der Waals surface area contributed by atoms with Crippen LogP contribution in [0.5, 0.6) is 11.5 Å². The Balaban J connectivity index is 1.61. The normalized spacial score (nSPS) is 14.6. The number of benzene rings is 3. The summed E-state index contributed by atoms with van der Waals surface area (Å²) in [7, 11) is 1.45. The molecule has 3 aromatic carbocycles. The molecule has 0 bridgehead atoms. The lowest BCUT2D eigenvalue weighted by Gasteiger charge is -2.13. The topological polar surface area (TPSA) is 72.9 Å². The Morgan fingerprint density at radius 3 is 2.44 bits per heavy atom. The summed E-state index contributed by atoms with van der Waals surface area (Å²) in [5, 5.41) is 0.132. The van der Waals surface area contributed by atoms with E-state index >= 15 is 0 Å². The quantitative estimate of drug-likeness (QED) is 0.140. The van der Waals surface area contributed by atoms with Gasteiger partial charge in [-0.25, -0.2) is 4.79 Å². The number of halogens is 2. The van der Waals surface area contributed by atoms with E-state index in [1.807, 2.05) is 24.3 Å². The van der Waals surface area contributed by atoms with Crippen molar-refractivity contribution in [3.8, 4) is 11.5 Å². The van der Waals surface area contributed by atoms with Gasteiger partial charge in [0.05, 0.1) is 24.1 Å². The predicted molar refractivity (Wildman–Crippen MR) is 140 cm³/mol. The molecular formula is C25H17ClINO5S. The van der Waals surface area contributed by atoms with Crippen molar-refractivity contribution in [2.45, 2.75) is 6.54 Å². The number of imide groups is 1. The summed E-state index contributed by atoms with van der Waals surface area (Å²) in [6.45, 7) is 0.176. The van der Waals surface area contributed by atoms with Crippen molar-refractivity contribution in [1.29, 1.82) is 0 Å². The molecule has 1 aliphatic rings. The monoisotopic (exact) mass is 605 g/mol. The molecule has 0 aliphatic carbocycles. The van der Waals surface area contributed by atoms with Gasteiger partial charge in [0.15, 0.2) is 11.5 Å². The maximum atomic E-state index is 13.0. The highest BCUT2D eigenvalue weighted by Gasteiger charge is 2.35. The van der Waals surface area contributed by atoms with Crippen molar-refractivity contribution in [2.24, 2.45) is 0 Å². The first-order valence-corrected chi connectivity index (χ1v) is 12.3. The highest BCUT2D eigenvalue weighted by molar-refractivity contribution is 14.1. The number of para-hydroxylation sites is 1. The van der Waals surface area contributed by atoms with Gasteiger partial charge in [-0.1, -0.05) is 35.9 Å². The summed E-state index contributed by atoms with van der Waals surface area (Å²) in [5.41, 5.74) is 1.59. The third-order valence-electron chi connectivity index (χ3n) is 4.92. The van der Waals surface area contributed by atoms with E-state index in [1.165, 1.54) is 18.1 Å². The number of carbonyl (C=O) groups is 3. The summed E-state index contributed by atoms with van der Waals surface area (Å²) in [5.74, 6) is -0.558. The number of rotatable bonds is 6. The first-order chi connectivity index (χ1) is 16.4. The first kappa shape index (κ1) is 24.3. The first-order valence-electron chi connectivity index (χ1n) is 10.0. The number of thioether (sulfide) groups is 1. The van der Waals surface area contributed by atoms with E-state index < -0.39 is 11.9 Å². The van der Waals surface area contributed by atoms with Gasteiger partial charge in [0.1, 0.15) is 0 Å². The highest BCUT2D eigenvalue weighted by Crippen LogP contribution is 2.38. The number of amides is 2. The number of esters is 1. The average Bonchev–Trinajstić information content (AvgIpc) is 3.09. The van der Waals surface area contributed by atoms with Crippen LogP contribution in [0, 0.1) is 3.57 Å². The van der Waals surface area contributed by atoms with Crippen molar-refractivity contribution in [3.05, 3.63) is 96.9 Å². The molecule has 0 radical (unpaired) electrons. The van der Waals surface area contributed by atoms with Crippen molar-refractivity contribution < 1.29 is 23.9 Å². The van der Waals surface area contributed by atoms with E-state index in [1.54, 1.807) is 42.5 Å². The molecule has 0 saturated carbocycles. The molecule has 0 atom stereocenters. The lowest BCUT2D eigenvalue weighted by atomic mass is 10.1. The number of nitrogens with zero attached hydrogens (tertiary/aromatic N) is 1. The zero-order chi connectivity index (χ0) is 24.2. The third kappa shape index (κ3) is 5.45. The molecule has 1 aliphatic heterocycles. The third-order valence-corrected chi connectivity index (χ3v) is 6.80. The number of hydrogen-bond acceptors (Lipinski definition) is 6. The molecular weight excluding hydrogens is 589 g/mol. The van der Waals surface area contributed by atoms with Crippen LogP contribution in [-0.4, -0.2) is 29.1 Å². The van der Waals surface area contributed by atoms with Crippen molar-refractivity contribution in [3.63, 3.8) is 0 Å². The molecule has 172 valence electrons. The Hall–Kier alpha value is -2.82. The minimum Gasteiger partial charge on any atom is -0.493 e. The number of methoxy groups -OCH3 is 1. The molecule has 0 unspecified atom stereocenters. The largest absolute Gasteiger partial charge is 0.493 e. The van der Waals surface area contributed by atoms with Crippen LogP contribution in [0.4, 0.5) is 4.79 Å². The number of ether oxygens (including phenoxy) is 2. The molecule has 0 aromatic heterocycles. The van der Waals surface area contributed by atoms with E-state index in [2.05, 4.69) is 22.6 Å². The Morgan fingerprint density at radius 1 is 1.06 bits per heavy atom. The van der Waals surface area contributed by atoms with Gasteiger partial charge in [-0.3, -0.25) is 14.5 Å². The van der Waals surface area contributed by atoms with E-state index in [4.69, 9.17) is 21.1 Å². The molecule has 0 spiro atoms. The summed E-state index contributed by atoms with van der Waals surface area (Å²) in [4.78, 5) is 39.7. The van der Waals surface area contributed by atoms with Crippen LogP contribution >= 0.6 is 46.0 Å². The molecule has 6 nitrogen and oxygen atoms in total. The van der Waals surface area contributed by atoms with Crippen LogP contribution in [0.15, 0.2) is 71.6 Å². The average molecular weight is 606 g/mol. The lowest BCUT2D eigenvalue weighted by molar-refractivity contribution is -0.123. The maximum Gasteiger partial charge on any atom is 0.343 e. The van der Waals surface area contributed by atoms with Gasteiger partial charge in [0, 0.05) is 14.2 Å². The summed E-state index contributed by atoms with van der Waals surface area (Å²) in [6.07, 6.45) is 1.53. The van der Waals surface area contributed by atoms with Gasteiger partial charge in [-0.15, -0.1) is 0 Å². The number of carbonyl (C=O) groups excluding carboxylic acids is 3. The van der Waals surface area contributed by atoms with Crippen LogP contribution in [0.25, 0.3) is 6.08 Å². The van der Waals surface area contributed by atoms with Gasteiger partial charge in [-0.2, -0.15) is 0 Å². The fourth-order valence-electron chi connectivity index (χ4n) is 3.20. The molecule has 4 rings (SSSR count).